The average molecular weight is 326 g/mol. The van der Waals surface area contributed by atoms with E-state index in [0.29, 0.717) is 18.4 Å². The highest BCUT2D eigenvalue weighted by atomic mass is 16.5. The van der Waals surface area contributed by atoms with Gasteiger partial charge in [0, 0.05) is 26.2 Å². The summed E-state index contributed by atoms with van der Waals surface area (Å²) >= 11 is 0. The molecule has 1 aromatic heterocycles. The molecule has 2 unspecified atom stereocenters. The van der Waals surface area contributed by atoms with Crippen LogP contribution in [0.3, 0.4) is 0 Å². The van der Waals surface area contributed by atoms with Crippen LogP contribution in [0.2, 0.25) is 0 Å². The zero-order valence-electron chi connectivity index (χ0n) is 14.5. The molecule has 1 saturated heterocycles. The molecular formula is C19H26N4O. The van der Waals surface area contributed by atoms with Crippen LogP contribution in [0, 0.1) is 5.92 Å². The smallest absolute Gasteiger partial charge is 0.193 e. The number of guanidine groups is 1. The molecule has 2 atom stereocenters. The number of aromatic nitrogens is 1. The third-order valence-corrected chi connectivity index (χ3v) is 4.92. The van der Waals surface area contributed by atoms with E-state index in [2.05, 4.69) is 57.6 Å². The first kappa shape index (κ1) is 16.6. The van der Waals surface area contributed by atoms with Crippen LogP contribution < -0.4 is 5.32 Å². The minimum Gasteiger partial charge on any atom is -0.364 e. The number of benzene rings is 1. The first-order valence-electron chi connectivity index (χ1n) is 8.71. The van der Waals surface area contributed by atoms with Gasteiger partial charge >= 0.3 is 0 Å². The van der Waals surface area contributed by atoms with Crippen LogP contribution in [0.5, 0.6) is 0 Å². The van der Waals surface area contributed by atoms with Gasteiger partial charge in [-0.25, -0.2) is 0 Å². The fourth-order valence-corrected chi connectivity index (χ4v) is 3.61. The first-order valence-corrected chi connectivity index (χ1v) is 8.71. The molecule has 0 amide bonds. The van der Waals surface area contributed by atoms with E-state index in [1.54, 1.807) is 6.26 Å². The van der Waals surface area contributed by atoms with E-state index in [1.807, 2.05) is 13.1 Å². The van der Waals surface area contributed by atoms with Gasteiger partial charge in [0.2, 0.25) is 0 Å². The Bertz CT molecular complexity index is 639. The zero-order chi connectivity index (χ0) is 16.8. The Morgan fingerprint density at radius 1 is 1.33 bits per heavy atom. The van der Waals surface area contributed by atoms with Crippen molar-refractivity contribution >= 4 is 5.96 Å². The Kier molecular flexibility index (Phi) is 5.51. The molecule has 0 saturated carbocycles. The van der Waals surface area contributed by atoms with Gasteiger partial charge in [-0.15, -0.1) is 0 Å². The van der Waals surface area contributed by atoms with Crippen molar-refractivity contribution in [1.82, 2.24) is 15.4 Å². The van der Waals surface area contributed by atoms with Crippen molar-refractivity contribution in [1.29, 1.82) is 0 Å². The largest absolute Gasteiger partial charge is 0.364 e. The van der Waals surface area contributed by atoms with E-state index in [0.717, 1.165) is 31.2 Å². The van der Waals surface area contributed by atoms with Crippen molar-refractivity contribution < 1.29 is 4.52 Å². The highest BCUT2D eigenvalue weighted by Gasteiger charge is 2.30. The monoisotopic (exact) mass is 326 g/mol. The number of hydrogen-bond acceptors (Lipinski definition) is 3. The van der Waals surface area contributed by atoms with Gasteiger partial charge in [-0.1, -0.05) is 48.8 Å². The molecule has 1 N–H and O–H groups in total. The number of nitrogens with zero attached hydrogens (tertiary/aromatic N) is 3. The Morgan fingerprint density at radius 2 is 2.17 bits per heavy atom. The lowest BCUT2D eigenvalue weighted by Crippen LogP contribution is -2.48. The lowest BCUT2D eigenvalue weighted by molar-refractivity contribution is 0.215. The fraction of sp³-hybridized carbons (Fsp3) is 0.474. The van der Waals surface area contributed by atoms with Gasteiger partial charge in [0.1, 0.15) is 12.0 Å². The van der Waals surface area contributed by atoms with Crippen LogP contribution in [-0.2, 0) is 6.54 Å². The van der Waals surface area contributed by atoms with Crippen molar-refractivity contribution in [2.45, 2.75) is 32.2 Å². The van der Waals surface area contributed by atoms with E-state index in [4.69, 9.17) is 4.52 Å². The minimum atomic E-state index is 0.637. The predicted octanol–water partition coefficient (Wildman–Crippen LogP) is 3.27. The van der Waals surface area contributed by atoms with Crippen molar-refractivity contribution in [3.8, 4) is 0 Å². The Hall–Kier alpha value is -2.30. The molecule has 1 aliphatic heterocycles. The molecule has 128 valence electrons. The summed E-state index contributed by atoms with van der Waals surface area (Å²) in [5, 5.41) is 7.33. The lowest BCUT2D eigenvalue weighted by Gasteiger charge is -2.40. The second-order valence-electron chi connectivity index (χ2n) is 6.31. The van der Waals surface area contributed by atoms with Crippen molar-refractivity contribution in [3.63, 3.8) is 0 Å². The minimum absolute atomic E-state index is 0.637. The number of likely N-dealkylation sites (tertiary alicyclic amines) is 1. The van der Waals surface area contributed by atoms with E-state index in [1.165, 1.54) is 12.0 Å². The molecule has 2 aromatic rings. The first-order chi connectivity index (χ1) is 11.8. The summed E-state index contributed by atoms with van der Waals surface area (Å²) in [7, 11) is 1.84. The molecule has 0 aliphatic carbocycles. The third kappa shape index (κ3) is 3.78. The second-order valence-corrected chi connectivity index (χ2v) is 6.31. The zero-order valence-corrected chi connectivity index (χ0v) is 14.5. The van der Waals surface area contributed by atoms with Gasteiger partial charge in [-0.2, -0.15) is 0 Å². The molecule has 5 nitrogen and oxygen atoms in total. The molecule has 1 aliphatic rings. The summed E-state index contributed by atoms with van der Waals surface area (Å²) in [5.74, 6) is 2.23. The van der Waals surface area contributed by atoms with Crippen LogP contribution in [0.25, 0.3) is 0 Å². The number of nitrogens with one attached hydrogen (secondary N) is 1. The van der Waals surface area contributed by atoms with Crippen molar-refractivity contribution in [3.05, 3.63) is 53.9 Å². The van der Waals surface area contributed by atoms with Crippen molar-refractivity contribution in [2.24, 2.45) is 10.9 Å². The summed E-state index contributed by atoms with van der Waals surface area (Å²) in [6.07, 6.45) is 3.93. The predicted molar refractivity (Wildman–Crippen MR) is 95.9 cm³/mol. The highest BCUT2D eigenvalue weighted by molar-refractivity contribution is 5.80. The molecule has 3 rings (SSSR count). The SMILES string of the molecule is CCC1CN(C(=NC)NCc2ccon2)CCC1c1ccccc1. The van der Waals surface area contributed by atoms with Gasteiger partial charge in [0.15, 0.2) is 5.96 Å². The summed E-state index contributed by atoms with van der Waals surface area (Å²) < 4.78 is 4.88. The number of piperidine rings is 1. The maximum atomic E-state index is 4.88. The maximum Gasteiger partial charge on any atom is 0.193 e. The molecule has 2 heterocycles. The summed E-state index contributed by atoms with van der Waals surface area (Å²) in [5.41, 5.74) is 2.36. The van der Waals surface area contributed by atoms with E-state index < -0.39 is 0 Å². The third-order valence-electron chi connectivity index (χ3n) is 4.92. The normalized spacial score (nSPS) is 21.8. The molecule has 1 aromatic carbocycles. The molecule has 24 heavy (non-hydrogen) atoms. The molecule has 0 radical (unpaired) electrons. The summed E-state index contributed by atoms with van der Waals surface area (Å²) in [4.78, 5) is 6.82. The van der Waals surface area contributed by atoms with E-state index in [9.17, 15) is 0 Å². The Balaban J connectivity index is 1.63. The van der Waals surface area contributed by atoms with Crippen LogP contribution in [0.15, 0.2) is 52.2 Å². The number of hydrogen-bond donors (Lipinski definition) is 1. The van der Waals surface area contributed by atoms with Crippen molar-refractivity contribution in [2.75, 3.05) is 20.1 Å². The Morgan fingerprint density at radius 3 is 2.83 bits per heavy atom. The van der Waals surface area contributed by atoms with E-state index >= 15 is 0 Å². The topological polar surface area (TPSA) is 53.7 Å². The lowest BCUT2D eigenvalue weighted by atomic mass is 9.79. The average Bonchev–Trinajstić information content (AvgIpc) is 3.16. The fourth-order valence-electron chi connectivity index (χ4n) is 3.61. The molecule has 5 heteroatoms. The van der Waals surface area contributed by atoms with Gasteiger partial charge in [0.05, 0.1) is 6.54 Å². The van der Waals surface area contributed by atoms with E-state index in [-0.39, 0.29) is 0 Å². The van der Waals surface area contributed by atoms with Crippen LogP contribution >= 0.6 is 0 Å². The van der Waals surface area contributed by atoms with Crippen LogP contribution in [0.4, 0.5) is 0 Å². The van der Waals surface area contributed by atoms with Gasteiger partial charge in [-0.05, 0) is 23.8 Å². The summed E-state index contributed by atoms with van der Waals surface area (Å²) in [6, 6.07) is 12.8. The van der Waals surface area contributed by atoms with Crippen LogP contribution in [0.1, 0.15) is 36.9 Å². The van der Waals surface area contributed by atoms with Gasteiger partial charge in [0.25, 0.3) is 0 Å². The molecular weight excluding hydrogens is 300 g/mol. The van der Waals surface area contributed by atoms with Gasteiger partial charge in [-0.3, -0.25) is 4.99 Å². The molecule has 1 fully saturated rings. The molecule has 0 spiro atoms. The highest BCUT2D eigenvalue weighted by Crippen LogP contribution is 2.34. The Labute approximate surface area is 143 Å². The van der Waals surface area contributed by atoms with Crippen LogP contribution in [-0.4, -0.2) is 36.2 Å². The number of aliphatic imine (C=N–C) groups is 1. The van der Waals surface area contributed by atoms with Gasteiger partial charge < -0.3 is 14.7 Å². The quantitative estimate of drug-likeness (QED) is 0.692. The number of rotatable bonds is 4. The summed E-state index contributed by atoms with van der Waals surface area (Å²) in [6.45, 7) is 4.98. The maximum absolute atomic E-state index is 4.88. The standard InChI is InChI=1S/C19H26N4O/c1-3-15-14-23(11-9-18(15)16-7-5-4-6-8-16)19(20-2)21-13-17-10-12-24-22-17/h4-8,10,12,15,18H,3,9,11,13-14H2,1-2H3,(H,20,21). The second kappa shape index (κ2) is 7.99. The molecule has 0 bridgehead atoms.